The molecule has 2 rings (SSSR count). The van der Waals surface area contributed by atoms with Crippen LogP contribution in [0.2, 0.25) is 0 Å². The van der Waals surface area contributed by atoms with Crippen molar-refractivity contribution in [3.05, 3.63) is 41.2 Å². The summed E-state index contributed by atoms with van der Waals surface area (Å²) in [5.74, 6) is -0.218. The SMILES string of the molecule is O=CN1CC(=Cc2ccccc2F)C1. The van der Waals surface area contributed by atoms with E-state index in [2.05, 4.69) is 0 Å². The highest BCUT2D eigenvalue weighted by atomic mass is 19.1. The number of halogens is 1. The number of hydrogen-bond acceptors (Lipinski definition) is 1. The summed E-state index contributed by atoms with van der Waals surface area (Å²) in [5, 5.41) is 0. The molecule has 0 radical (unpaired) electrons. The molecule has 72 valence electrons. The van der Waals surface area contributed by atoms with E-state index in [1.807, 2.05) is 0 Å². The van der Waals surface area contributed by atoms with Crippen molar-refractivity contribution >= 4 is 12.5 Å². The van der Waals surface area contributed by atoms with E-state index in [9.17, 15) is 9.18 Å². The summed E-state index contributed by atoms with van der Waals surface area (Å²) in [7, 11) is 0. The molecule has 1 fully saturated rings. The van der Waals surface area contributed by atoms with Gasteiger partial charge in [-0.25, -0.2) is 4.39 Å². The molecule has 1 saturated heterocycles. The highest BCUT2D eigenvalue weighted by molar-refractivity contribution is 5.60. The molecule has 1 heterocycles. The van der Waals surface area contributed by atoms with Crippen LogP contribution in [0.4, 0.5) is 4.39 Å². The Balaban J connectivity index is 2.12. The fourth-order valence-corrected chi connectivity index (χ4v) is 1.45. The van der Waals surface area contributed by atoms with E-state index < -0.39 is 0 Å². The fourth-order valence-electron chi connectivity index (χ4n) is 1.45. The molecule has 0 saturated carbocycles. The molecule has 1 aliphatic heterocycles. The van der Waals surface area contributed by atoms with E-state index in [0.717, 1.165) is 12.0 Å². The summed E-state index contributed by atoms with van der Waals surface area (Å²) < 4.78 is 13.2. The molecular weight excluding hydrogens is 181 g/mol. The van der Waals surface area contributed by atoms with Crippen molar-refractivity contribution in [3.8, 4) is 0 Å². The molecule has 0 aliphatic carbocycles. The van der Waals surface area contributed by atoms with Gasteiger partial charge in [-0.2, -0.15) is 0 Å². The summed E-state index contributed by atoms with van der Waals surface area (Å²) in [5.41, 5.74) is 1.68. The van der Waals surface area contributed by atoms with Crippen LogP contribution in [0.1, 0.15) is 5.56 Å². The van der Waals surface area contributed by atoms with Crippen LogP contribution in [-0.2, 0) is 4.79 Å². The van der Waals surface area contributed by atoms with Gasteiger partial charge in [0.1, 0.15) is 5.82 Å². The Morgan fingerprint density at radius 3 is 2.64 bits per heavy atom. The topological polar surface area (TPSA) is 20.3 Å². The smallest absolute Gasteiger partial charge is 0.210 e. The van der Waals surface area contributed by atoms with Crippen LogP contribution < -0.4 is 0 Å². The van der Waals surface area contributed by atoms with Crippen molar-refractivity contribution in [2.75, 3.05) is 13.1 Å². The lowest BCUT2D eigenvalue weighted by molar-refractivity contribution is -0.119. The van der Waals surface area contributed by atoms with Gasteiger partial charge in [-0.3, -0.25) is 4.79 Å². The van der Waals surface area contributed by atoms with Gasteiger partial charge in [-0.15, -0.1) is 0 Å². The minimum atomic E-state index is -0.218. The molecule has 1 aromatic rings. The number of amides is 1. The van der Waals surface area contributed by atoms with Gasteiger partial charge in [-0.05, 0) is 17.7 Å². The van der Waals surface area contributed by atoms with Gasteiger partial charge < -0.3 is 4.90 Å². The van der Waals surface area contributed by atoms with E-state index >= 15 is 0 Å². The molecule has 2 nitrogen and oxygen atoms in total. The molecule has 0 atom stereocenters. The second-order valence-corrected chi connectivity index (χ2v) is 3.33. The van der Waals surface area contributed by atoms with Gasteiger partial charge in [0.2, 0.25) is 6.41 Å². The second kappa shape index (κ2) is 3.62. The van der Waals surface area contributed by atoms with Gasteiger partial charge in [0.25, 0.3) is 0 Å². The lowest BCUT2D eigenvalue weighted by Gasteiger charge is -2.30. The highest BCUT2D eigenvalue weighted by Gasteiger charge is 2.17. The molecular formula is C11H10FNO. The third-order valence-electron chi connectivity index (χ3n) is 2.23. The van der Waals surface area contributed by atoms with Crippen LogP contribution in [0.15, 0.2) is 29.8 Å². The van der Waals surface area contributed by atoms with E-state index in [0.29, 0.717) is 18.7 Å². The van der Waals surface area contributed by atoms with E-state index in [-0.39, 0.29) is 5.82 Å². The van der Waals surface area contributed by atoms with Crippen molar-refractivity contribution in [2.24, 2.45) is 0 Å². The number of hydrogen-bond donors (Lipinski definition) is 0. The Morgan fingerprint density at radius 1 is 1.29 bits per heavy atom. The number of likely N-dealkylation sites (tertiary alicyclic amines) is 1. The predicted molar refractivity (Wildman–Crippen MR) is 52.0 cm³/mol. The predicted octanol–water partition coefficient (Wildman–Crippen LogP) is 1.68. The molecule has 0 spiro atoms. The Morgan fingerprint density at radius 2 is 2.00 bits per heavy atom. The molecule has 0 aromatic heterocycles. The van der Waals surface area contributed by atoms with Crippen LogP contribution in [0.25, 0.3) is 6.08 Å². The zero-order chi connectivity index (χ0) is 9.97. The third-order valence-corrected chi connectivity index (χ3v) is 2.23. The van der Waals surface area contributed by atoms with Crippen LogP contribution in [0.3, 0.4) is 0 Å². The van der Waals surface area contributed by atoms with Crippen molar-refractivity contribution in [2.45, 2.75) is 0 Å². The van der Waals surface area contributed by atoms with Gasteiger partial charge in [-0.1, -0.05) is 18.2 Å². The van der Waals surface area contributed by atoms with Gasteiger partial charge in [0.05, 0.1) is 0 Å². The van der Waals surface area contributed by atoms with Crippen LogP contribution in [0.5, 0.6) is 0 Å². The Bertz CT molecular complexity index is 379. The van der Waals surface area contributed by atoms with Crippen molar-refractivity contribution < 1.29 is 9.18 Å². The van der Waals surface area contributed by atoms with Gasteiger partial charge in [0.15, 0.2) is 0 Å². The van der Waals surface area contributed by atoms with E-state index in [1.165, 1.54) is 6.07 Å². The first kappa shape index (κ1) is 8.94. The molecule has 0 unspecified atom stereocenters. The van der Waals surface area contributed by atoms with Crippen LogP contribution in [-0.4, -0.2) is 24.4 Å². The maximum Gasteiger partial charge on any atom is 0.210 e. The monoisotopic (exact) mass is 191 g/mol. The average molecular weight is 191 g/mol. The Labute approximate surface area is 81.6 Å². The summed E-state index contributed by atoms with van der Waals surface area (Å²) in [6, 6.07) is 6.62. The minimum absolute atomic E-state index is 0.218. The number of rotatable bonds is 2. The highest BCUT2D eigenvalue weighted by Crippen LogP contribution is 2.17. The third kappa shape index (κ3) is 1.66. The quantitative estimate of drug-likeness (QED) is 0.651. The van der Waals surface area contributed by atoms with Crippen LogP contribution >= 0.6 is 0 Å². The summed E-state index contributed by atoms with van der Waals surface area (Å²) in [6.45, 7) is 1.25. The average Bonchev–Trinajstić information content (AvgIpc) is 2.13. The summed E-state index contributed by atoms with van der Waals surface area (Å²) >= 11 is 0. The maximum atomic E-state index is 13.2. The largest absolute Gasteiger partial charge is 0.337 e. The molecule has 1 amide bonds. The Kier molecular flexibility index (Phi) is 2.31. The zero-order valence-electron chi connectivity index (χ0n) is 7.61. The fraction of sp³-hybridized carbons (Fsp3) is 0.182. The number of benzene rings is 1. The molecule has 3 heteroatoms. The lowest BCUT2D eigenvalue weighted by Crippen LogP contribution is -2.38. The van der Waals surface area contributed by atoms with Crippen molar-refractivity contribution in [1.82, 2.24) is 4.90 Å². The summed E-state index contributed by atoms with van der Waals surface area (Å²) in [6.07, 6.45) is 2.61. The number of nitrogens with zero attached hydrogens (tertiary/aromatic N) is 1. The molecule has 14 heavy (non-hydrogen) atoms. The summed E-state index contributed by atoms with van der Waals surface area (Å²) in [4.78, 5) is 11.9. The maximum absolute atomic E-state index is 13.2. The first-order valence-electron chi connectivity index (χ1n) is 4.43. The van der Waals surface area contributed by atoms with Crippen LogP contribution in [0, 0.1) is 5.82 Å². The minimum Gasteiger partial charge on any atom is -0.337 e. The Hall–Kier alpha value is -1.64. The van der Waals surface area contributed by atoms with Gasteiger partial charge >= 0.3 is 0 Å². The van der Waals surface area contributed by atoms with Crippen molar-refractivity contribution in [3.63, 3.8) is 0 Å². The standard InChI is InChI=1S/C11H10FNO/c12-11-4-2-1-3-10(11)5-9-6-13(7-9)8-14/h1-5,8H,6-7H2. The molecule has 0 N–H and O–H groups in total. The molecule has 1 aromatic carbocycles. The first-order valence-corrected chi connectivity index (χ1v) is 4.43. The molecule has 1 aliphatic rings. The normalized spacial score (nSPS) is 14.9. The lowest BCUT2D eigenvalue weighted by atomic mass is 10.0. The van der Waals surface area contributed by atoms with E-state index in [4.69, 9.17) is 0 Å². The van der Waals surface area contributed by atoms with E-state index in [1.54, 1.807) is 29.2 Å². The number of carbonyl (C=O) groups excluding carboxylic acids is 1. The second-order valence-electron chi connectivity index (χ2n) is 3.33. The number of carbonyl (C=O) groups is 1. The van der Waals surface area contributed by atoms with Crippen molar-refractivity contribution in [1.29, 1.82) is 0 Å². The molecule has 0 bridgehead atoms. The zero-order valence-corrected chi connectivity index (χ0v) is 7.61. The first-order chi connectivity index (χ1) is 6.79. The van der Waals surface area contributed by atoms with Gasteiger partial charge in [0, 0.05) is 18.7 Å².